The molecule has 2 aliphatic heterocycles. The SMILES string of the molecule is C[C@@H]1CCC[C@H](C)N1C(=O)N[C@@H]1CC(=O)N(c2ccc(F)cc2)C1. The van der Waals surface area contributed by atoms with E-state index < -0.39 is 0 Å². The zero-order valence-corrected chi connectivity index (χ0v) is 14.2. The molecule has 0 unspecified atom stereocenters. The maximum atomic E-state index is 13.0. The lowest BCUT2D eigenvalue weighted by Gasteiger charge is -2.39. The fourth-order valence-corrected chi connectivity index (χ4v) is 3.75. The van der Waals surface area contributed by atoms with E-state index in [1.807, 2.05) is 4.90 Å². The fraction of sp³-hybridized carbons (Fsp3) is 0.556. The van der Waals surface area contributed by atoms with Gasteiger partial charge in [0.25, 0.3) is 0 Å². The van der Waals surface area contributed by atoms with Crippen LogP contribution >= 0.6 is 0 Å². The maximum Gasteiger partial charge on any atom is 0.318 e. The molecule has 1 aromatic carbocycles. The van der Waals surface area contributed by atoms with Crippen molar-refractivity contribution in [1.82, 2.24) is 10.2 Å². The Hall–Kier alpha value is -2.11. The maximum absolute atomic E-state index is 13.0. The number of amides is 3. The number of anilines is 1. The van der Waals surface area contributed by atoms with Gasteiger partial charge in [0.2, 0.25) is 5.91 Å². The molecule has 24 heavy (non-hydrogen) atoms. The van der Waals surface area contributed by atoms with Gasteiger partial charge in [-0.3, -0.25) is 4.79 Å². The number of halogens is 1. The van der Waals surface area contributed by atoms with E-state index in [2.05, 4.69) is 19.2 Å². The monoisotopic (exact) mass is 333 g/mol. The summed E-state index contributed by atoms with van der Waals surface area (Å²) >= 11 is 0. The van der Waals surface area contributed by atoms with Gasteiger partial charge < -0.3 is 15.1 Å². The van der Waals surface area contributed by atoms with E-state index in [1.165, 1.54) is 12.1 Å². The van der Waals surface area contributed by atoms with Crippen LogP contribution in [0.5, 0.6) is 0 Å². The van der Waals surface area contributed by atoms with E-state index >= 15 is 0 Å². The number of benzene rings is 1. The summed E-state index contributed by atoms with van der Waals surface area (Å²) in [6.45, 7) is 4.56. The first-order valence-electron chi connectivity index (χ1n) is 8.60. The number of hydrogen-bond acceptors (Lipinski definition) is 2. The van der Waals surface area contributed by atoms with Gasteiger partial charge in [0, 0.05) is 30.7 Å². The van der Waals surface area contributed by atoms with Gasteiger partial charge in [-0.25, -0.2) is 9.18 Å². The number of nitrogens with one attached hydrogen (secondary N) is 1. The molecule has 0 spiro atoms. The smallest absolute Gasteiger partial charge is 0.318 e. The number of nitrogens with zero attached hydrogens (tertiary/aromatic N) is 2. The highest BCUT2D eigenvalue weighted by Gasteiger charge is 2.35. The first-order chi connectivity index (χ1) is 11.5. The second kappa shape index (κ2) is 6.79. The van der Waals surface area contributed by atoms with Crippen molar-refractivity contribution < 1.29 is 14.0 Å². The molecule has 3 rings (SSSR count). The number of carbonyl (C=O) groups excluding carboxylic acids is 2. The lowest BCUT2D eigenvalue weighted by molar-refractivity contribution is -0.117. The minimum Gasteiger partial charge on any atom is -0.333 e. The predicted molar refractivity (Wildman–Crippen MR) is 90.3 cm³/mol. The van der Waals surface area contributed by atoms with Crippen LogP contribution in [-0.4, -0.2) is 41.5 Å². The number of urea groups is 1. The van der Waals surface area contributed by atoms with Crippen molar-refractivity contribution in [2.45, 2.75) is 57.7 Å². The highest BCUT2D eigenvalue weighted by Crippen LogP contribution is 2.24. The molecule has 0 aliphatic carbocycles. The molecule has 5 nitrogen and oxygen atoms in total. The molecule has 6 heteroatoms. The van der Waals surface area contributed by atoms with E-state index in [9.17, 15) is 14.0 Å². The van der Waals surface area contributed by atoms with E-state index in [-0.39, 0.29) is 42.3 Å². The van der Waals surface area contributed by atoms with Crippen molar-refractivity contribution in [2.75, 3.05) is 11.4 Å². The van der Waals surface area contributed by atoms with Gasteiger partial charge in [-0.2, -0.15) is 0 Å². The molecule has 130 valence electrons. The third-order valence-corrected chi connectivity index (χ3v) is 5.02. The fourth-order valence-electron chi connectivity index (χ4n) is 3.75. The predicted octanol–water partition coefficient (Wildman–Crippen LogP) is 2.90. The number of carbonyl (C=O) groups is 2. The van der Waals surface area contributed by atoms with Gasteiger partial charge in [0.05, 0.1) is 6.04 Å². The van der Waals surface area contributed by atoms with Crippen molar-refractivity contribution in [3.05, 3.63) is 30.1 Å². The molecular weight excluding hydrogens is 309 g/mol. The molecule has 1 aromatic rings. The topological polar surface area (TPSA) is 52.7 Å². The highest BCUT2D eigenvalue weighted by atomic mass is 19.1. The van der Waals surface area contributed by atoms with E-state index in [4.69, 9.17) is 0 Å². The van der Waals surface area contributed by atoms with Gasteiger partial charge in [-0.1, -0.05) is 0 Å². The summed E-state index contributed by atoms with van der Waals surface area (Å²) in [5.41, 5.74) is 0.665. The van der Waals surface area contributed by atoms with Crippen LogP contribution in [-0.2, 0) is 4.79 Å². The van der Waals surface area contributed by atoms with E-state index in [1.54, 1.807) is 17.0 Å². The Labute approximate surface area is 141 Å². The largest absolute Gasteiger partial charge is 0.333 e. The van der Waals surface area contributed by atoms with Crippen LogP contribution in [0.2, 0.25) is 0 Å². The molecule has 0 aromatic heterocycles. The zero-order chi connectivity index (χ0) is 17.3. The number of hydrogen-bond donors (Lipinski definition) is 1. The minimum atomic E-state index is -0.330. The Morgan fingerprint density at radius 3 is 2.42 bits per heavy atom. The molecule has 0 radical (unpaired) electrons. The van der Waals surface area contributed by atoms with Crippen LogP contribution in [0.3, 0.4) is 0 Å². The zero-order valence-electron chi connectivity index (χ0n) is 14.2. The van der Waals surface area contributed by atoms with Crippen LogP contribution in [0.1, 0.15) is 39.5 Å². The third kappa shape index (κ3) is 3.37. The van der Waals surface area contributed by atoms with Crippen molar-refractivity contribution in [3.8, 4) is 0 Å². The molecule has 2 aliphatic rings. The van der Waals surface area contributed by atoms with Gasteiger partial charge in [-0.15, -0.1) is 0 Å². The van der Waals surface area contributed by atoms with Crippen molar-refractivity contribution >= 4 is 17.6 Å². The van der Waals surface area contributed by atoms with Crippen molar-refractivity contribution in [2.24, 2.45) is 0 Å². The van der Waals surface area contributed by atoms with Crippen molar-refractivity contribution in [3.63, 3.8) is 0 Å². The molecule has 3 amide bonds. The second-order valence-corrected chi connectivity index (χ2v) is 6.87. The first-order valence-corrected chi connectivity index (χ1v) is 8.60. The molecule has 1 N–H and O–H groups in total. The van der Waals surface area contributed by atoms with E-state index in [0.717, 1.165) is 19.3 Å². The van der Waals surface area contributed by atoms with Crippen LogP contribution < -0.4 is 10.2 Å². The summed E-state index contributed by atoms with van der Waals surface area (Å²) in [4.78, 5) is 28.3. The first kappa shape index (κ1) is 16.7. The Morgan fingerprint density at radius 2 is 1.79 bits per heavy atom. The van der Waals surface area contributed by atoms with Crippen LogP contribution in [0.15, 0.2) is 24.3 Å². The Balaban J connectivity index is 1.63. The average Bonchev–Trinajstić information content (AvgIpc) is 2.88. The number of likely N-dealkylation sites (tertiary alicyclic amines) is 1. The quantitative estimate of drug-likeness (QED) is 0.905. The average molecular weight is 333 g/mol. The summed E-state index contributed by atoms with van der Waals surface area (Å²) in [6.07, 6.45) is 3.46. The third-order valence-electron chi connectivity index (χ3n) is 5.02. The van der Waals surface area contributed by atoms with Crippen LogP contribution in [0.25, 0.3) is 0 Å². The summed E-state index contributed by atoms with van der Waals surface area (Å²) in [7, 11) is 0. The lowest BCUT2D eigenvalue weighted by Crippen LogP contribution is -2.54. The lowest BCUT2D eigenvalue weighted by atomic mass is 9.98. The molecule has 2 heterocycles. The molecular formula is C18H24FN3O2. The number of rotatable bonds is 2. The molecule has 0 saturated carbocycles. The minimum absolute atomic E-state index is 0.0494. The van der Waals surface area contributed by atoms with Gasteiger partial charge in [0.15, 0.2) is 0 Å². The van der Waals surface area contributed by atoms with Gasteiger partial charge in [0.1, 0.15) is 5.82 Å². The van der Waals surface area contributed by atoms with Gasteiger partial charge >= 0.3 is 6.03 Å². The normalized spacial score (nSPS) is 27.5. The van der Waals surface area contributed by atoms with E-state index in [0.29, 0.717) is 12.2 Å². The highest BCUT2D eigenvalue weighted by molar-refractivity contribution is 5.96. The number of piperidine rings is 1. The second-order valence-electron chi connectivity index (χ2n) is 6.87. The summed E-state index contributed by atoms with van der Waals surface area (Å²) in [5.74, 6) is -0.380. The van der Waals surface area contributed by atoms with Crippen LogP contribution in [0, 0.1) is 5.82 Å². The summed E-state index contributed by atoms with van der Waals surface area (Å²) < 4.78 is 13.0. The van der Waals surface area contributed by atoms with Crippen molar-refractivity contribution in [1.29, 1.82) is 0 Å². The summed E-state index contributed by atoms with van der Waals surface area (Å²) in [6, 6.07) is 6.00. The Morgan fingerprint density at radius 1 is 1.17 bits per heavy atom. The molecule has 2 saturated heterocycles. The summed E-state index contributed by atoms with van der Waals surface area (Å²) in [5, 5.41) is 3.00. The standard InChI is InChI=1S/C18H24FN3O2/c1-12-4-3-5-13(2)22(12)18(24)20-15-10-17(23)21(11-15)16-8-6-14(19)7-9-16/h6-9,12-13,15H,3-5,10-11H2,1-2H3,(H,20,24)/t12-,13+,15-/m1/s1. The van der Waals surface area contributed by atoms with Gasteiger partial charge in [-0.05, 0) is 57.4 Å². The molecule has 2 fully saturated rings. The molecule has 0 bridgehead atoms. The molecule has 3 atom stereocenters. The Bertz CT molecular complexity index is 609. The Kier molecular flexibility index (Phi) is 4.73. The van der Waals surface area contributed by atoms with Crippen LogP contribution in [0.4, 0.5) is 14.9 Å².